The lowest BCUT2D eigenvalue weighted by molar-refractivity contribution is 0.164. The Bertz CT molecular complexity index is 302. The largest absolute Gasteiger partial charge is 0.398 e. The molecule has 2 atom stereocenters. The molecule has 0 fully saturated rings. The molecular formula is C9H13ClN2O. The van der Waals surface area contributed by atoms with Gasteiger partial charge in [0.15, 0.2) is 0 Å². The van der Waals surface area contributed by atoms with Crippen LogP contribution in [0.3, 0.4) is 0 Å². The number of halogens is 1. The summed E-state index contributed by atoms with van der Waals surface area (Å²) in [4.78, 5) is 0. The summed E-state index contributed by atoms with van der Waals surface area (Å²) in [5.41, 5.74) is 12.5. The molecule has 5 N–H and O–H groups in total. The van der Waals surface area contributed by atoms with E-state index in [1.165, 1.54) is 0 Å². The van der Waals surface area contributed by atoms with Gasteiger partial charge in [0.25, 0.3) is 0 Å². The highest BCUT2D eigenvalue weighted by Crippen LogP contribution is 2.23. The smallest absolute Gasteiger partial charge is 0.0704 e. The maximum absolute atomic E-state index is 9.24. The van der Waals surface area contributed by atoms with E-state index in [4.69, 9.17) is 23.1 Å². The van der Waals surface area contributed by atoms with E-state index in [0.29, 0.717) is 10.7 Å². The van der Waals surface area contributed by atoms with Gasteiger partial charge in [-0.15, -0.1) is 0 Å². The minimum Gasteiger partial charge on any atom is -0.398 e. The van der Waals surface area contributed by atoms with Crippen LogP contribution >= 0.6 is 11.6 Å². The summed E-state index contributed by atoms with van der Waals surface area (Å²) in [6, 6.07) is 4.70. The van der Waals surface area contributed by atoms with Crippen LogP contribution in [-0.2, 0) is 0 Å². The van der Waals surface area contributed by atoms with Crippen molar-refractivity contribution in [2.24, 2.45) is 5.73 Å². The summed E-state index contributed by atoms with van der Waals surface area (Å²) in [6.45, 7) is 1.63. The van der Waals surface area contributed by atoms with Crippen molar-refractivity contribution in [2.75, 3.05) is 5.73 Å². The summed E-state index contributed by atoms with van der Waals surface area (Å²) in [6.07, 6.45) is -0.598. The van der Waals surface area contributed by atoms with Crippen LogP contribution in [-0.4, -0.2) is 11.2 Å². The quantitative estimate of drug-likeness (QED) is 0.631. The first kappa shape index (κ1) is 10.3. The monoisotopic (exact) mass is 200 g/mol. The molecule has 0 saturated carbocycles. The summed E-state index contributed by atoms with van der Waals surface area (Å²) in [7, 11) is 0. The van der Waals surface area contributed by atoms with Gasteiger partial charge in [-0.3, -0.25) is 0 Å². The Labute approximate surface area is 82.3 Å². The van der Waals surface area contributed by atoms with E-state index >= 15 is 0 Å². The predicted molar refractivity (Wildman–Crippen MR) is 54.5 cm³/mol. The molecule has 1 aromatic carbocycles. The Hall–Kier alpha value is -0.770. The number of nitrogen functional groups attached to an aromatic ring is 1. The van der Waals surface area contributed by atoms with Crippen molar-refractivity contribution in [1.29, 1.82) is 0 Å². The van der Waals surface area contributed by atoms with Gasteiger partial charge in [0.1, 0.15) is 0 Å². The molecule has 1 rings (SSSR count). The minimum atomic E-state index is -0.598. The Morgan fingerprint density at radius 1 is 1.46 bits per heavy atom. The SMILES string of the molecule is C[C@H](O)[C@@H](N)c1ccc(N)c(Cl)c1. The molecule has 0 aromatic heterocycles. The zero-order chi connectivity index (χ0) is 10.0. The molecule has 0 aliphatic heterocycles. The van der Waals surface area contributed by atoms with Crippen molar-refractivity contribution in [3.05, 3.63) is 28.8 Å². The second-order valence-electron chi connectivity index (χ2n) is 3.05. The molecule has 0 spiro atoms. The van der Waals surface area contributed by atoms with Gasteiger partial charge in [-0.05, 0) is 24.6 Å². The van der Waals surface area contributed by atoms with Gasteiger partial charge in [0.2, 0.25) is 0 Å². The topological polar surface area (TPSA) is 72.3 Å². The molecule has 72 valence electrons. The van der Waals surface area contributed by atoms with Crippen molar-refractivity contribution in [2.45, 2.75) is 19.1 Å². The summed E-state index contributed by atoms with van der Waals surface area (Å²) < 4.78 is 0. The molecule has 13 heavy (non-hydrogen) atoms. The molecule has 0 aliphatic carbocycles. The Morgan fingerprint density at radius 2 is 2.08 bits per heavy atom. The van der Waals surface area contributed by atoms with E-state index in [0.717, 1.165) is 5.56 Å². The third-order valence-corrected chi connectivity index (χ3v) is 2.26. The fraction of sp³-hybridized carbons (Fsp3) is 0.333. The third-order valence-electron chi connectivity index (χ3n) is 1.93. The van der Waals surface area contributed by atoms with Crippen LogP contribution in [0.15, 0.2) is 18.2 Å². The van der Waals surface area contributed by atoms with E-state index in [-0.39, 0.29) is 0 Å². The lowest BCUT2D eigenvalue weighted by Crippen LogP contribution is -2.23. The number of benzene rings is 1. The second-order valence-corrected chi connectivity index (χ2v) is 3.45. The van der Waals surface area contributed by atoms with Crippen LogP contribution in [0.5, 0.6) is 0 Å². The highest BCUT2D eigenvalue weighted by atomic mass is 35.5. The Balaban J connectivity index is 2.97. The number of anilines is 1. The lowest BCUT2D eigenvalue weighted by atomic mass is 10.0. The van der Waals surface area contributed by atoms with Crippen molar-refractivity contribution >= 4 is 17.3 Å². The molecule has 0 amide bonds. The highest BCUT2D eigenvalue weighted by molar-refractivity contribution is 6.33. The number of aliphatic hydroxyl groups is 1. The van der Waals surface area contributed by atoms with E-state index in [1.807, 2.05) is 0 Å². The Morgan fingerprint density at radius 3 is 2.54 bits per heavy atom. The van der Waals surface area contributed by atoms with E-state index < -0.39 is 12.1 Å². The molecule has 0 radical (unpaired) electrons. The van der Waals surface area contributed by atoms with Crippen LogP contribution in [0, 0.1) is 0 Å². The molecule has 1 aromatic rings. The first-order valence-electron chi connectivity index (χ1n) is 4.01. The second kappa shape index (κ2) is 3.96. The van der Waals surface area contributed by atoms with E-state index in [1.54, 1.807) is 25.1 Å². The van der Waals surface area contributed by atoms with Crippen LogP contribution in [0.2, 0.25) is 5.02 Å². The average molecular weight is 201 g/mol. The molecule has 0 saturated heterocycles. The average Bonchev–Trinajstić information content (AvgIpc) is 2.08. The van der Waals surface area contributed by atoms with Crippen molar-refractivity contribution < 1.29 is 5.11 Å². The van der Waals surface area contributed by atoms with Gasteiger partial charge in [-0.25, -0.2) is 0 Å². The van der Waals surface area contributed by atoms with Crippen molar-refractivity contribution in [3.8, 4) is 0 Å². The molecular weight excluding hydrogens is 188 g/mol. The third kappa shape index (κ3) is 2.34. The molecule has 4 heteroatoms. The summed E-state index contributed by atoms with van der Waals surface area (Å²) in [5.74, 6) is 0. The van der Waals surface area contributed by atoms with Gasteiger partial charge < -0.3 is 16.6 Å². The zero-order valence-corrected chi connectivity index (χ0v) is 8.12. The van der Waals surface area contributed by atoms with Crippen LogP contribution in [0.4, 0.5) is 5.69 Å². The molecule has 0 heterocycles. The van der Waals surface area contributed by atoms with Gasteiger partial charge in [0.05, 0.1) is 22.9 Å². The number of nitrogens with two attached hydrogens (primary N) is 2. The van der Waals surface area contributed by atoms with Gasteiger partial charge in [-0.1, -0.05) is 17.7 Å². The van der Waals surface area contributed by atoms with Crippen molar-refractivity contribution in [3.63, 3.8) is 0 Å². The fourth-order valence-electron chi connectivity index (χ4n) is 1.03. The van der Waals surface area contributed by atoms with Crippen LogP contribution in [0.25, 0.3) is 0 Å². The molecule has 3 nitrogen and oxygen atoms in total. The minimum absolute atomic E-state index is 0.418. The number of hydrogen-bond acceptors (Lipinski definition) is 3. The molecule has 0 unspecified atom stereocenters. The maximum Gasteiger partial charge on any atom is 0.0704 e. The maximum atomic E-state index is 9.24. The number of hydrogen-bond donors (Lipinski definition) is 3. The highest BCUT2D eigenvalue weighted by Gasteiger charge is 2.12. The predicted octanol–water partition coefficient (Wildman–Crippen LogP) is 1.30. The number of aliphatic hydroxyl groups excluding tert-OH is 1. The number of rotatable bonds is 2. The fourth-order valence-corrected chi connectivity index (χ4v) is 1.22. The van der Waals surface area contributed by atoms with Gasteiger partial charge in [0, 0.05) is 0 Å². The van der Waals surface area contributed by atoms with E-state index in [9.17, 15) is 5.11 Å². The first-order chi connectivity index (χ1) is 6.02. The zero-order valence-electron chi connectivity index (χ0n) is 7.37. The van der Waals surface area contributed by atoms with Crippen molar-refractivity contribution in [1.82, 2.24) is 0 Å². The summed E-state index contributed by atoms with van der Waals surface area (Å²) >= 11 is 5.80. The molecule has 0 aliphatic rings. The Kier molecular flexibility index (Phi) is 3.14. The lowest BCUT2D eigenvalue weighted by Gasteiger charge is -2.15. The normalized spacial score (nSPS) is 15.4. The standard InChI is InChI=1S/C9H13ClN2O/c1-5(13)9(12)6-2-3-8(11)7(10)4-6/h2-5,9,13H,11-12H2,1H3/t5-,9+/m0/s1. The summed E-state index contributed by atoms with van der Waals surface area (Å²) in [5, 5.41) is 9.70. The van der Waals surface area contributed by atoms with Gasteiger partial charge in [-0.2, -0.15) is 0 Å². The first-order valence-corrected chi connectivity index (χ1v) is 4.38. The van der Waals surface area contributed by atoms with Gasteiger partial charge >= 0.3 is 0 Å². The van der Waals surface area contributed by atoms with E-state index in [2.05, 4.69) is 0 Å². The van der Waals surface area contributed by atoms with Crippen LogP contribution in [0.1, 0.15) is 18.5 Å². The van der Waals surface area contributed by atoms with Crippen LogP contribution < -0.4 is 11.5 Å². The molecule has 0 bridgehead atoms.